The fourth-order valence-corrected chi connectivity index (χ4v) is 1.69. The van der Waals surface area contributed by atoms with Crippen molar-refractivity contribution in [2.75, 3.05) is 0 Å². The molecule has 0 amide bonds. The molecular weight excluding hydrogens is 309 g/mol. The van der Waals surface area contributed by atoms with Crippen LogP contribution in [0.2, 0.25) is 0 Å². The number of ether oxygens (including phenoxy) is 1. The highest BCUT2D eigenvalue weighted by Gasteiger charge is 2.11. The summed E-state index contributed by atoms with van der Waals surface area (Å²) in [6.45, 7) is 0.00448. The number of carboxylic acid groups (broad SMARTS) is 1. The molecule has 0 unspecified atom stereocenters. The average molecular weight is 316 g/mol. The van der Waals surface area contributed by atoms with E-state index in [0.717, 1.165) is 0 Å². The highest BCUT2D eigenvalue weighted by atomic mass is 79.9. The van der Waals surface area contributed by atoms with Gasteiger partial charge in [0.1, 0.15) is 18.2 Å². The lowest BCUT2D eigenvalue weighted by molar-refractivity contribution is 0.0685. The molecule has 7 heteroatoms. The van der Waals surface area contributed by atoms with Crippen LogP contribution in [0.15, 0.2) is 33.3 Å². The van der Waals surface area contributed by atoms with Crippen LogP contribution in [0, 0.1) is 5.82 Å². The summed E-state index contributed by atoms with van der Waals surface area (Å²) in [6, 6.07) is 5.23. The van der Waals surface area contributed by atoms with Crippen molar-refractivity contribution in [2.45, 2.75) is 6.61 Å². The molecule has 0 spiro atoms. The Balaban J connectivity index is 2.04. The Morgan fingerprint density at radius 3 is 2.89 bits per heavy atom. The number of rotatable bonds is 4. The average Bonchev–Trinajstić information content (AvgIpc) is 2.76. The van der Waals surface area contributed by atoms with Crippen molar-refractivity contribution in [3.8, 4) is 5.75 Å². The van der Waals surface area contributed by atoms with Gasteiger partial charge in [-0.3, -0.25) is 0 Å². The Labute approximate surface area is 109 Å². The van der Waals surface area contributed by atoms with Crippen LogP contribution in [0.25, 0.3) is 0 Å². The van der Waals surface area contributed by atoms with Crippen molar-refractivity contribution in [1.82, 2.24) is 5.16 Å². The molecule has 1 N–H and O–H groups in total. The molecule has 0 bridgehead atoms. The van der Waals surface area contributed by atoms with E-state index < -0.39 is 5.97 Å². The quantitative estimate of drug-likeness (QED) is 0.939. The highest BCUT2D eigenvalue weighted by Crippen LogP contribution is 2.26. The second-order valence-corrected chi connectivity index (χ2v) is 4.20. The van der Waals surface area contributed by atoms with Crippen molar-refractivity contribution in [3.05, 3.63) is 46.0 Å². The van der Waals surface area contributed by atoms with Crippen molar-refractivity contribution >= 4 is 21.9 Å². The van der Waals surface area contributed by atoms with E-state index in [-0.39, 0.29) is 23.9 Å². The van der Waals surface area contributed by atoms with Gasteiger partial charge in [-0.2, -0.15) is 0 Å². The van der Waals surface area contributed by atoms with Crippen LogP contribution in [0.5, 0.6) is 5.75 Å². The maximum atomic E-state index is 12.8. The number of nitrogens with zero attached hydrogens (tertiary/aromatic N) is 1. The molecule has 2 rings (SSSR count). The highest BCUT2D eigenvalue weighted by molar-refractivity contribution is 9.10. The number of hydrogen-bond acceptors (Lipinski definition) is 4. The van der Waals surface area contributed by atoms with Crippen molar-refractivity contribution in [3.63, 3.8) is 0 Å². The van der Waals surface area contributed by atoms with Gasteiger partial charge in [-0.1, -0.05) is 5.16 Å². The van der Waals surface area contributed by atoms with Gasteiger partial charge >= 0.3 is 5.97 Å². The maximum Gasteiger partial charge on any atom is 0.358 e. The molecule has 2 aromatic rings. The zero-order valence-electron chi connectivity index (χ0n) is 8.89. The van der Waals surface area contributed by atoms with E-state index in [0.29, 0.717) is 10.2 Å². The summed E-state index contributed by atoms with van der Waals surface area (Å²) >= 11 is 3.14. The molecule has 0 saturated heterocycles. The van der Waals surface area contributed by atoms with Crippen LogP contribution in [-0.2, 0) is 6.61 Å². The monoisotopic (exact) mass is 315 g/mol. The van der Waals surface area contributed by atoms with E-state index >= 15 is 0 Å². The van der Waals surface area contributed by atoms with Crippen LogP contribution in [0.4, 0.5) is 4.39 Å². The zero-order valence-corrected chi connectivity index (χ0v) is 10.5. The van der Waals surface area contributed by atoms with Gasteiger partial charge < -0.3 is 14.4 Å². The maximum absolute atomic E-state index is 12.8. The van der Waals surface area contributed by atoms with E-state index in [2.05, 4.69) is 21.1 Å². The number of benzene rings is 1. The van der Waals surface area contributed by atoms with Crippen molar-refractivity contribution < 1.29 is 23.6 Å². The van der Waals surface area contributed by atoms with Crippen LogP contribution in [0.3, 0.4) is 0 Å². The standard InChI is InChI=1S/C11H7BrFNO4/c12-8-3-6(13)1-2-10(8)17-5-7-4-9(11(15)16)14-18-7/h1-4H,5H2,(H,15,16). The Morgan fingerprint density at radius 2 is 2.28 bits per heavy atom. The third kappa shape index (κ3) is 2.86. The number of aromatic carboxylic acids is 1. The van der Waals surface area contributed by atoms with Crippen molar-refractivity contribution in [2.24, 2.45) is 0 Å². The summed E-state index contributed by atoms with van der Waals surface area (Å²) in [5, 5.41) is 12.0. The topological polar surface area (TPSA) is 72.6 Å². The molecular formula is C11H7BrFNO4. The SMILES string of the molecule is O=C(O)c1cc(COc2ccc(F)cc2Br)on1. The molecule has 18 heavy (non-hydrogen) atoms. The Hall–Kier alpha value is -1.89. The van der Waals surface area contributed by atoms with Gasteiger partial charge in [0.15, 0.2) is 11.5 Å². The summed E-state index contributed by atoms with van der Waals surface area (Å²) in [7, 11) is 0. The molecule has 0 aliphatic heterocycles. The van der Waals surface area contributed by atoms with Crippen LogP contribution in [0.1, 0.15) is 16.2 Å². The molecule has 0 fully saturated rings. The number of halogens is 2. The normalized spacial score (nSPS) is 10.3. The van der Waals surface area contributed by atoms with Gasteiger partial charge in [-0.05, 0) is 34.1 Å². The van der Waals surface area contributed by atoms with Gasteiger partial charge in [-0.15, -0.1) is 0 Å². The molecule has 1 aromatic heterocycles. The van der Waals surface area contributed by atoms with Crippen LogP contribution in [-0.4, -0.2) is 16.2 Å². The minimum Gasteiger partial charge on any atom is -0.484 e. The first-order chi connectivity index (χ1) is 8.56. The van der Waals surface area contributed by atoms with Gasteiger partial charge in [0.05, 0.1) is 4.47 Å². The second kappa shape index (κ2) is 5.18. The van der Waals surface area contributed by atoms with Crippen LogP contribution >= 0.6 is 15.9 Å². The molecule has 0 aliphatic carbocycles. The third-order valence-corrected chi connectivity index (χ3v) is 2.66. The van der Waals surface area contributed by atoms with E-state index in [1.165, 1.54) is 24.3 Å². The van der Waals surface area contributed by atoms with Gasteiger partial charge in [-0.25, -0.2) is 9.18 Å². The summed E-state index contributed by atoms with van der Waals surface area (Å²) in [4.78, 5) is 10.6. The Bertz CT molecular complexity index is 584. The van der Waals surface area contributed by atoms with E-state index in [9.17, 15) is 9.18 Å². The number of aromatic nitrogens is 1. The second-order valence-electron chi connectivity index (χ2n) is 3.35. The van der Waals surface area contributed by atoms with Crippen LogP contribution < -0.4 is 4.74 Å². The molecule has 5 nitrogen and oxygen atoms in total. The molecule has 0 aliphatic rings. The first kappa shape index (κ1) is 12.6. The lowest BCUT2D eigenvalue weighted by atomic mass is 10.3. The predicted octanol–water partition coefficient (Wildman–Crippen LogP) is 2.85. The fraction of sp³-hybridized carbons (Fsp3) is 0.0909. The summed E-state index contributed by atoms with van der Waals surface area (Å²) in [6.07, 6.45) is 0. The molecule has 94 valence electrons. The van der Waals surface area contributed by atoms with E-state index in [1.807, 2.05) is 0 Å². The minimum absolute atomic E-state index is 0.00448. The number of hydrogen-bond donors (Lipinski definition) is 1. The third-order valence-electron chi connectivity index (χ3n) is 2.04. The zero-order chi connectivity index (χ0) is 13.1. The molecule has 0 radical (unpaired) electrons. The van der Waals surface area contributed by atoms with Crippen molar-refractivity contribution in [1.29, 1.82) is 0 Å². The van der Waals surface area contributed by atoms with E-state index in [4.69, 9.17) is 14.4 Å². The molecule has 1 heterocycles. The first-order valence-corrected chi connectivity index (χ1v) is 5.62. The van der Waals surface area contributed by atoms with Gasteiger partial charge in [0.2, 0.25) is 0 Å². The summed E-state index contributed by atoms with van der Waals surface area (Å²) < 4.78 is 23.4. The number of carbonyl (C=O) groups is 1. The molecule has 0 atom stereocenters. The van der Waals surface area contributed by atoms with E-state index in [1.54, 1.807) is 0 Å². The Morgan fingerprint density at radius 1 is 1.50 bits per heavy atom. The summed E-state index contributed by atoms with van der Waals surface area (Å²) in [5.74, 6) is -0.872. The lowest BCUT2D eigenvalue weighted by Crippen LogP contribution is -1.96. The molecule has 1 aromatic carbocycles. The fourth-order valence-electron chi connectivity index (χ4n) is 1.22. The van der Waals surface area contributed by atoms with Gasteiger partial charge in [0, 0.05) is 6.07 Å². The lowest BCUT2D eigenvalue weighted by Gasteiger charge is -2.05. The minimum atomic E-state index is -1.17. The predicted molar refractivity (Wildman–Crippen MR) is 61.9 cm³/mol. The Kier molecular flexibility index (Phi) is 3.61. The summed E-state index contributed by atoms with van der Waals surface area (Å²) in [5.41, 5.74) is -0.188. The smallest absolute Gasteiger partial charge is 0.358 e. The molecule has 0 saturated carbocycles. The van der Waals surface area contributed by atoms with Gasteiger partial charge in [0.25, 0.3) is 0 Å². The number of carboxylic acids is 1. The largest absolute Gasteiger partial charge is 0.484 e. The first-order valence-electron chi connectivity index (χ1n) is 4.83.